The lowest BCUT2D eigenvalue weighted by molar-refractivity contribution is -0.120. The third-order valence-corrected chi connectivity index (χ3v) is 6.16. The van der Waals surface area contributed by atoms with Crippen LogP contribution in [0.1, 0.15) is 32.1 Å². The maximum atomic E-state index is 12.6. The molecule has 1 unspecified atom stereocenters. The largest absolute Gasteiger partial charge is 0.394 e. The third kappa shape index (κ3) is 4.82. The van der Waals surface area contributed by atoms with Crippen molar-refractivity contribution in [2.24, 2.45) is 5.92 Å². The minimum Gasteiger partial charge on any atom is -0.394 e. The Labute approximate surface area is 181 Å². The van der Waals surface area contributed by atoms with Crippen LogP contribution < -0.4 is 15.1 Å². The number of carbonyl (C=O) groups is 1. The van der Waals surface area contributed by atoms with Gasteiger partial charge in [0.15, 0.2) is 0 Å². The van der Waals surface area contributed by atoms with Crippen molar-refractivity contribution in [3.63, 3.8) is 0 Å². The van der Waals surface area contributed by atoms with E-state index in [9.17, 15) is 9.90 Å². The molecule has 0 bridgehead atoms. The summed E-state index contributed by atoms with van der Waals surface area (Å²) in [7, 11) is 0. The quantitative estimate of drug-likeness (QED) is 0.753. The van der Waals surface area contributed by atoms with Gasteiger partial charge in [0.05, 0.1) is 17.7 Å². The molecule has 4 rings (SSSR count). The maximum absolute atomic E-state index is 12.6. The molecule has 0 spiro atoms. The molecule has 0 aliphatic carbocycles. The summed E-state index contributed by atoms with van der Waals surface area (Å²) < 4.78 is 0. The first-order chi connectivity index (χ1) is 14.6. The molecule has 2 aliphatic rings. The molecule has 8 nitrogen and oxygen atoms in total. The van der Waals surface area contributed by atoms with E-state index in [0.29, 0.717) is 10.8 Å². The van der Waals surface area contributed by atoms with Gasteiger partial charge in [-0.3, -0.25) is 4.79 Å². The number of nitrogens with zero attached hydrogens (tertiary/aromatic N) is 5. The second-order valence-electron chi connectivity index (χ2n) is 7.87. The second kappa shape index (κ2) is 9.57. The highest BCUT2D eigenvalue weighted by Crippen LogP contribution is 2.28. The molecule has 0 radical (unpaired) electrons. The number of pyridine rings is 1. The summed E-state index contributed by atoms with van der Waals surface area (Å²) in [6.45, 7) is 2.56. The van der Waals surface area contributed by atoms with Crippen LogP contribution in [0.25, 0.3) is 0 Å². The summed E-state index contributed by atoms with van der Waals surface area (Å²) in [6.07, 6.45) is 7.86. The van der Waals surface area contributed by atoms with Gasteiger partial charge >= 0.3 is 0 Å². The van der Waals surface area contributed by atoms with Gasteiger partial charge in [-0.15, -0.1) is 0 Å². The van der Waals surface area contributed by atoms with Gasteiger partial charge in [-0.2, -0.15) is 0 Å². The van der Waals surface area contributed by atoms with Crippen LogP contribution >= 0.6 is 11.6 Å². The topological polar surface area (TPSA) is 94.5 Å². The molecule has 2 saturated heterocycles. The number of nitrogens with one attached hydrogen (secondary N) is 1. The summed E-state index contributed by atoms with van der Waals surface area (Å²) in [5.41, 5.74) is 0. The van der Waals surface area contributed by atoms with E-state index >= 15 is 0 Å². The summed E-state index contributed by atoms with van der Waals surface area (Å²) in [5.74, 6) is 2.20. The molecular formula is C21H27ClN6O2. The fourth-order valence-corrected chi connectivity index (χ4v) is 4.32. The van der Waals surface area contributed by atoms with Crippen molar-refractivity contribution in [3.05, 3.63) is 35.7 Å². The average molecular weight is 431 g/mol. The van der Waals surface area contributed by atoms with Crippen LogP contribution in [0.5, 0.6) is 0 Å². The lowest BCUT2D eigenvalue weighted by Crippen LogP contribution is -2.42. The first kappa shape index (κ1) is 20.8. The highest BCUT2D eigenvalue weighted by molar-refractivity contribution is 6.30. The van der Waals surface area contributed by atoms with Gasteiger partial charge in [0.2, 0.25) is 5.91 Å². The Kier molecular flexibility index (Phi) is 6.64. The molecule has 160 valence electrons. The van der Waals surface area contributed by atoms with E-state index in [4.69, 9.17) is 11.6 Å². The van der Waals surface area contributed by atoms with Gasteiger partial charge in [0.25, 0.3) is 0 Å². The second-order valence-corrected chi connectivity index (χ2v) is 8.31. The van der Waals surface area contributed by atoms with Crippen molar-refractivity contribution >= 4 is 35.0 Å². The number of halogens is 1. The fraction of sp³-hybridized carbons (Fsp3) is 0.524. The molecule has 4 heterocycles. The monoisotopic (exact) mass is 430 g/mol. The van der Waals surface area contributed by atoms with E-state index in [0.717, 1.165) is 63.4 Å². The summed E-state index contributed by atoms with van der Waals surface area (Å²) >= 11 is 5.84. The molecule has 2 aromatic rings. The van der Waals surface area contributed by atoms with Crippen LogP contribution in [0.2, 0.25) is 5.02 Å². The first-order valence-corrected chi connectivity index (χ1v) is 10.9. The number of carbonyl (C=O) groups excluding carboxylic acids is 1. The van der Waals surface area contributed by atoms with Gasteiger partial charge in [0, 0.05) is 37.8 Å². The number of rotatable bonds is 5. The zero-order valence-corrected chi connectivity index (χ0v) is 17.6. The Hall–Kier alpha value is -2.45. The number of aliphatic hydroxyl groups excluding tert-OH is 1. The Balaban J connectivity index is 1.36. The number of hydrogen-bond acceptors (Lipinski definition) is 7. The van der Waals surface area contributed by atoms with E-state index in [1.807, 2.05) is 6.07 Å². The highest BCUT2D eigenvalue weighted by atomic mass is 35.5. The first-order valence-electron chi connectivity index (χ1n) is 10.5. The van der Waals surface area contributed by atoms with Gasteiger partial charge in [-0.1, -0.05) is 11.6 Å². The lowest BCUT2D eigenvalue weighted by atomic mass is 9.96. The number of hydrogen-bond donors (Lipinski definition) is 2. The van der Waals surface area contributed by atoms with Crippen LogP contribution in [0.15, 0.2) is 30.7 Å². The zero-order valence-electron chi connectivity index (χ0n) is 16.9. The number of piperidine rings is 2. The normalized spacial score (nSPS) is 20.3. The van der Waals surface area contributed by atoms with E-state index in [2.05, 4.69) is 30.1 Å². The maximum Gasteiger partial charge on any atom is 0.228 e. The predicted molar refractivity (Wildman–Crippen MR) is 117 cm³/mol. The van der Waals surface area contributed by atoms with Crippen molar-refractivity contribution in [2.75, 3.05) is 41.4 Å². The molecule has 0 aromatic carbocycles. The van der Waals surface area contributed by atoms with Crippen molar-refractivity contribution in [1.82, 2.24) is 15.0 Å². The van der Waals surface area contributed by atoms with E-state index < -0.39 is 0 Å². The summed E-state index contributed by atoms with van der Waals surface area (Å²) in [6, 6.07) is 5.55. The molecule has 2 aliphatic heterocycles. The minimum absolute atomic E-state index is 0.00745. The van der Waals surface area contributed by atoms with Crippen molar-refractivity contribution in [3.8, 4) is 0 Å². The number of aliphatic hydroxyl groups is 1. The molecule has 2 fully saturated rings. The van der Waals surface area contributed by atoms with Crippen LogP contribution in [-0.2, 0) is 4.79 Å². The van der Waals surface area contributed by atoms with Crippen molar-refractivity contribution < 1.29 is 9.90 Å². The Morgan fingerprint density at radius 2 is 1.90 bits per heavy atom. The van der Waals surface area contributed by atoms with Gasteiger partial charge < -0.3 is 20.2 Å². The molecular weight excluding hydrogens is 404 g/mol. The summed E-state index contributed by atoms with van der Waals surface area (Å²) in [4.78, 5) is 30.0. The van der Waals surface area contributed by atoms with Crippen LogP contribution in [-0.4, -0.2) is 58.2 Å². The Morgan fingerprint density at radius 1 is 1.10 bits per heavy atom. The van der Waals surface area contributed by atoms with Gasteiger partial charge in [0.1, 0.15) is 23.8 Å². The third-order valence-electron chi connectivity index (χ3n) is 5.94. The number of anilines is 3. The summed E-state index contributed by atoms with van der Waals surface area (Å²) in [5, 5.41) is 13.1. The zero-order chi connectivity index (χ0) is 20.9. The lowest BCUT2D eigenvalue weighted by Gasteiger charge is -2.36. The van der Waals surface area contributed by atoms with E-state index in [-0.39, 0.29) is 24.5 Å². The predicted octanol–water partition coefficient (Wildman–Crippen LogP) is 2.73. The fourth-order valence-electron chi connectivity index (χ4n) is 4.21. The molecule has 2 N–H and O–H groups in total. The molecule has 0 saturated carbocycles. The molecule has 30 heavy (non-hydrogen) atoms. The average Bonchev–Trinajstić information content (AvgIpc) is 2.80. The van der Waals surface area contributed by atoms with Crippen LogP contribution in [0.3, 0.4) is 0 Å². The minimum atomic E-state index is -0.0547. The standard InChI is InChI=1S/C21H27ClN6O2/c22-16-4-5-18(23-12-16)26-21(30)15-6-9-27(10-7-15)19-11-20(25-14-24-19)28-8-2-1-3-17(28)13-29/h4-5,11-12,14-15,17,29H,1-3,6-10,13H2,(H,23,26,30). The van der Waals surface area contributed by atoms with Crippen molar-refractivity contribution in [2.45, 2.75) is 38.1 Å². The smallest absolute Gasteiger partial charge is 0.228 e. The molecule has 2 aromatic heterocycles. The molecule has 1 amide bonds. The van der Waals surface area contributed by atoms with Gasteiger partial charge in [-0.05, 0) is 44.2 Å². The molecule has 9 heteroatoms. The van der Waals surface area contributed by atoms with Crippen LogP contribution in [0.4, 0.5) is 17.5 Å². The van der Waals surface area contributed by atoms with E-state index in [1.54, 1.807) is 18.5 Å². The highest BCUT2D eigenvalue weighted by Gasteiger charge is 2.27. The molecule has 1 atom stereocenters. The number of amides is 1. The Bertz CT molecular complexity index is 857. The SMILES string of the molecule is O=C(Nc1ccc(Cl)cn1)C1CCN(c2cc(N3CCCCC3CO)ncn2)CC1. The van der Waals surface area contributed by atoms with Crippen molar-refractivity contribution in [1.29, 1.82) is 0 Å². The number of aromatic nitrogens is 3. The van der Waals surface area contributed by atoms with E-state index in [1.165, 1.54) is 6.20 Å². The Morgan fingerprint density at radius 3 is 2.63 bits per heavy atom. The van der Waals surface area contributed by atoms with Gasteiger partial charge in [-0.25, -0.2) is 15.0 Å². The van der Waals surface area contributed by atoms with Crippen LogP contribution in [0, 0.1) is 5.92 Å².